The molecule has 34 heavy (non-hydrogen) atoms. The van der Waals surface area contributed by atoms with Crippen molar-refractivity contribution >= 4 is 23.2 Å². The molecule has 2 amide bonds. The van der Waals surface area contributed by atoms with Gasteiger partial charge in [-0.25, -0.2) is 0 Å². The van der Waals surface area contributed by atoms with E-state index in [0.29, 0.717) is 11.3 Å². The summed E-state index contributed by atoms with van der Waals surface area (Å²) in [5, 5.41) is 14.5. The standard InChI is InChI=1S/C26H26N6O2/c27-17-20-7-4-5-11-23(20)30-26(34)25(33)29-19-24(21-8-6-12-28-18-21)32-15-13-31(14-16-32)22-9-2-1-3-10-22/h1-12,18,24H,13-16,19H2,(H,29,33)(H,30,34)/t24-/m1/s1. The molecule has 0 saturated carbocycles. The molecule has 0 aliphatic carbocycles. The second-order valence-electron chi connectivity index (χ2n) is 7.98. The lowest BCUT2D eigenvalue weighted by atomic mass is 10.1. The highest BCUT2D eigenvalue weighted by Gasteiger charge is 2.27. The van der Waals surface area contributed by atoms with Crippen molar-refractivity contribution in [1.82, 2.24) is 15.2 Å². The number of anilines is 2. The van der Waals surface area contributed by atoms with E-state index in [9.17, 15) is 14.9 Å². The average molecular weight is 455 g/mol. The molecule has 3 aromatic rings. The third-order valence-electron chi connectivity index (χ3n) is 5.90. The largest absolute Gasteiger partial charge is 0.369 e. The van der Waals surface area contributed by atoms with E-state index in [1.54, 1.807) is 36.7 Å². The van der Waals surface area contributed by atoms with Crippen molar-refractivity contribution in [2.75, 3.05) is 42.9 Å². The van der Waals surface area contributed by atoms with Crippen molar-refractivity contribution in [1.29, 1.82) is 5.26 Å². The van der Waals surface area contributed by atoms with Gasteiger partial charge >= 0.3 is 11.8 Å². The van der Waals surface area contributed by atoms with Crippen LogP contribution in [0.15, 0.2) is 79.1 Å². The molecule has 172 valence electrons. The monoisotopic (exact) mass is 454 g/mol. The third kappa shape index (κ3) is 5.57. The molecular weight excluding hydrogens is 428 g/mol. The zero-order chi connectivity index (χ0) is 23.8. The summed E-state index contributed by atoms with van der Waals surface area (Å²) in [5.41, 5.74) is 2.79. The van der Waals surface area contributed by atoms with Crippen molar-refractivity contribution in [2.45, 2.75) is 6.04 Å². The van der Waals surface area contributed by atoms with E-state index in [0.717, 1.165) is 31.7 Å². The van der Waals surface area contributed by atoms with Gasteiger partial charge in [-0.15, -0.1) is 0 Å². The quantitative estimate of drug-likeness (QED) is 0.555. The summed E-state index contributed by atoms with van der Waals surface area (Å²) < 4.78 is 0. The fourth-order valence-corrected chi connectivity index (χ4v) is 4.10. The van der Waals surface area contributed by atoms with Gasteiger partial charge in [-0.1, -0.05) is 36.4 Å². The Balaban J connectivity index is 1.40. The molecule has 1 aliphatic rings. The molecule has 1 atom stereocenters. The molecule has 1 aromatic heterocycles. The smallest absolute Gasteiger partial charge is 0.313 e. The lowest BCUT2D eigenvalue weighted by Crippen LogP contribution is -2.50. The van der Waals surface area contributed by atoms with Crippen molar-refractivity contribution < 1.29 is 9.59 Å². The van der Waals surface area contributed by atoms with Crippen molar-refractivity contribution in [2.24, 2.45) is 0 Å². The Morgan fingerprint density at radius 2 is 1.68 bits per heavy atom. The lowest BCUT2D eigenvalue weighted by Gasteiger charge is -2.40. The van der Waals surface area contributed by atoms with Crippen LogP contribution in [0.1, 0.15) is 17.2 Å². The van der Waals surface area contributed by atoms with Crippen LogP contribution in [0.3, 0.4) is 0 Å². The first-order valence-electron chi connectivity index (χ1n) is 11.2. The molecule has 1 fully saturated rings. The Kier molecular flexibility index (Phi) is 7.48. The minimum Gasteiger partial charge on any atom is -0.369 e. The van der Waals surface area contributed by atoms with Gasteiger partial charge in [0.25, 0.3) is 0 Å². The molecule has 8 nitrogen and oxygen atoms in total. The first kappa shape index (κ1) is 23.0. The average Bonchev–Trinajstić information content (AvgIpc) is 2.90. The van der Waals surface area contributed by atoms with Crippen molar-refractivity contribution in [3.05, 3.63) is 90.3 Å². The van der Waals surface area contributed by atoms with E-state index < -0.39 is 11.8 Å². The third-order valence-corrected chi connectivity index (χ3v) is 5.90. The highest BCUT2D eigenvalue weighted by Crippen LogP contribution is 2.23. The summed E-state index contributed by atoms with van der Waals surface area (Å²) in [5.74, 6) is -1.55. The first-order chi connectivity index (χ1) is 16.7. The van der Waals surface area contributed by atoms with Crippen molar-refractivity contribution in [3.8, 4) is 6.07 Å². The minimum absolute atomic E-state index is 0.116. The number of nitrogens with zero attached hydrogens (tertiary/aromatic N) is 4. The van der Waals surface area contributed by atoms with Gasteiger partial charge in [0.15, 0.2) is 0 Å². The number of amides is 2. The Hall–Kier alpha value is -4.22. The van der Waals surface area contributed by atoms with Crippen LogP contribution >= 0.6 is 0 Å². The molecule has 0 bridgehead atoms. The number of hydrogen-bond donors (Lipinski definition) is 2. The Labute approximate surface area is 198 Å². The molecule has 2 N–H and O–H groups in total. The predicted molar refractivity (Wildman–Crippen MR) is 130 cm³/mol. The predicted octanol–water partition coefficient (Wildman–Crippen LogP) is 2.57. The number of benzene rings is 2. The number of carbonyl (C=O) groups is 2. The topological polar surface area (TPSA) is 101 Å². The molecule has 1 saturated heterocycles. The van der Waals surface area contributed by atoms with Crippen LogP contribution in [0.4, 0.5) is 11.4 Å². The number of para-hydroxylation sites is 2. The highest BCUT2D eigenvalue weighted by molar-refractivity contribution is 6.39. The number of nitriles is 1. The van der Waals surface area contributed by atoms with Crippen LogP contribution in [-0.4, -0.2) is 54.4 Å². The molecular formula is C26H26N6O2. The van der Waals surface area contributed by atoms with Gasteiger partial charge in [0.1, 0.15) is 6.07 Å². The lowest BCUT2D eigenvalue weighted by molar-refractivity contribution is -0.136. The van der Waals surface area contributed by atoms with Crippen LogP contribution < -0.4 is 15.5 Å². The minimum atomic E-state index is -0.804. The summed E-state index contributed by atoms with van der Waals surface area (Å²) in [7, 11) is 0. The number of hydrogen-bond acceptors (Lipinski definition) is 6. The number of pyridine rings is 1. The van der Waals surface area contributed by atoms with E-state index in [-0.39, 0.29) is 12.6 Å². The first-order valence-corrected chi connectivity index (χ1v) is 11.2. The van der Waals surface area contributed by atoms with Crippen LogP contribution in [0.5, 0.6) is 0 Å². The van der Waals surface area contributed by atoms with Gasteiger partial charge < -0.3 is 15.5 Å². The summed E-state index contributed by atoms with van der Waals surface area (Å²) >= 11 is 0. The van der Waals surface area contributed by atoms with Crippen LogP contribution in [0, 0.1) is 11.3 Å². The maximum absolute atomic E-state index is 12.6. The fraction of sp³-hybridized carbons (Fsp3) is 0.231. The number of aromatic nitrogens is 1. The van der Waals surface area contributed by atoms with Gasteiger partial charge in [0, 0.05) is 50.8 Å². The normalized spacial score (nSPS) is 14.6. The molecule has 0 unspecified atom stereocenters. The molecule has 0 radical (unpaired) electrons. The molecule has 1 aliphatic heterocycles. The molecule has 4 rings (SSSR count). The Morgan fingerprint density at radius 1 is 0.941 bits per heavy atom. The number of piperazine rings is 1. The van der Waals surface area contributed by atoms with E-state index in [2.05, 4.69) is 37.6 Å². The maximum atomic E-state index is 12.6. The molecule has 2 heterocycles. The second-order valence-corrected chi connectivity index (χ2v) is 7.98. The number of rotatable bonds is 6. The Bertz CT molecular complexity index is 1150. The summed E-state index contributed by atoms with van der Waals surface area (Å²) in [6.07, 6.45) is 3.51. The molecule has 8 heteroatoms. The second kappa shape index (κ2) is 11.1. The zero-order valence-corrected chi connectivity index (χ0v) is 18.7. The summed E-state index contributed by atoms with van der Waals surface area (Å²) in [4.78, 5) is 33.9. The van der Waals surface area contributed by atoms with Gasteiger partial charge in [0.05, 0.1) is 17.3 Å². The van der Waals surface area contributed by atoms with Crippen LogP contribution in [0.25, 0.3) is 0 Å². The molecule has 0 spiro atoms. The fourth-order valence-electron chi connectivity index (χ4n) is 4.10. The maximum Gasteiger partial charge on any atom is 0.313 e. The van der Waals surface area contributed by atoms with Gasteiger partial charge in [-0.05, 0) is 35.9 Å². The SMILES string of the molecule is N#Cc1ccccc1NC(=O)C(=O)NC[C@H](c1cccnc1)N1CCN(c2ccccc2)CC1. The molecule has 2 aromatic carbocycles. The van der Waals surface area contributed by atoms with Crippen molar-refractivity contribution in [3.63, 3.8) is 0 Å². The summed E-state index contributed by atoms with van der Waals surface area (Å²) in [6.45, 7) is 3.61. The Morgan fingerprint density at radius 3 is 2.38 bits per heavy atom. The summed E-state index contributed by atoms with van der Waals surface area (Å²) in [6, 6.07) is 22.6. The number of carbonyl (C=O) groups excluding carboxylic acids is 2. The zero-order valence-electron chi connectivity index (χ0n) is 18.7. The van der Waals surface area contributed by atoms with E-state index in [1.807, 2.05) is 36.4 Å². The van der Waals surface area contributed by atoms with E-state index >= 15 is 0 Å². The van der Waals surface area contributed by atoms with E-state index in [4.69, 9.17) is 0 Å². The van der Waals surface area contributed by atoms with Gasteiger partial charge in [-0.3, -0.25) is 19.5 Å². The van der Waals surface area contributed by atoms with Gasteiger partial charge in [0.2, 0.25) is 0 Å². The number of nitrogens with one attached hydrogen (secondary N) is 2. The van der Waals surface area contributed by atoms with E-state index in [1.165, 1.54) is 5.69 Å². The van der Waals surface area contributed by atoms with Crippen LogP contribution in [-0.2, 0) is 9.59 Å². The van der Waals surface area contributed by atoms with Gasteiger partial charge in [-0.2, -0.15) is 5.26 Å². The van der Waals surface area contributed by atoms with Crippen LogP contribution in [0.2, 0.25) is 0 Å². The highest BCUT2D eigenvalue weighted by atomic mass is 16.2.